The third-order valence-corrected chi connectivity index (χ3v) is 11.8. The Balaban J connectivity index is -0.0000000872. The molecule has 3 heterocycles. The molecule has 0 spiro atoms. The number of piperazine rings is 3. The van der Waals surface area contributed by atoms with E-state index in [0.717, 1.165) is 58.9 Å². The topological polar surface area (TPSA) is 188 Å². The molecule has 3 amide bonds. The van der Waals surface area contributed by atoms with Crippen LogP contribution in [0, 0.1) is 28.7 Å². The second kappa shape index (κ2) is 69.2. The number of benzene rings is 3. The minimum atomic E-state index is -0.461. The van der Waals surface area contributed by atoms with Gasteiger partial charge in [-0.15, -0.1) is 24.0 Å². The third kappa shape index (κ3) is 47.3. The van der Waals surface area contributed by atoms with Gasteiger partial charge in [-0.3, -0.25) is 40.8 Å². The number of halogens is 3. The van der Waals surface area contributed by atoms with Gasteiger partial charge in [-0.2, -0.15) is 0 Å². The average Bonchev–Trinajstić information content (AvgIpc) is 3.42. The first kappa shape index (κ1) is 107. The molecule has 0 aromatic heterocycles. The molecule has 6 unspecified atom stereocenters. The van der Waals surface area contributed by atoms with E-state index in [1.807, 2.05) is 74.4 Å². The standard InChI is InChI=1S/C15H23N3O.2C15H22N3O.C4H7O2.C2H3O.3C2H6.3CH4.2CH3.3HI.V.2Y/c3*1-12-10-18(15(19)8-16)13(2)9-17(12)11-14-6-4-3-5-7-14;1-3-6-4(2)5;1-2-3;3*1-2;;;;;;;;;;;/h3-7,12-13H,8-11,16H2,1-2H3;2*3-7,12-13,16H,8-11H2,1-2H3;2-3H2,1H3;2H,1H2;3*1-2H3;3*1H4;2*1H3;3*1H;;;/q;4*-1;;;;;;;2*-1;;;;+2;2*+3/p-2. The molecule has 3 aliphatic heterocycles. The van der Waals surface area contributed by atoms with Gasteiger partial charge < -0.3 is 63.2 Å². The Morgan fingerprint density at radius 1 is 0.554 bits per heavy atom. The zero-order chi connectivity index (χ0) is 57.9. The Labute approximate surface area is 606 Å². The molecule has 6 atom stereocenters. The summed E-state index contributed by atoms with van der Waals surface area (Å²) in [5.74, 6) is -0.520. The third-order valence-electron chi connectivity index (χ3n) is 11.8. The number of amides is 3. The molecule has 21 heteroatoms. The van der Waals surface area contributed by atoms with E-state index in [2.05, 4.69) is 188 Å². The number of aldehydes is 1. The largest absolute Gasteiger partial charge is 3.00 e. The van der Waals surface area contributed by atoms with Gasteiger partial charge in [-0.1, -0.05) is 168 Å². The predicted octanol–water partition coefficient (Wildman–Crippen LogP) is 14.1. The maximum atomic E-state index is 11.8. The number of esters is 1. The summed E-state index contributed by atoms with van der Waals surface area (Å²) >= 11 is 4.74. The van der Waals surface area contributed by atoms with Crippen LogP contribution in [-0.4, -0.2) is 161 Å². The number of ether oxygens (including phenoxy) is 1. The van der Waals surface area contributed by atoms with Crippen LogP contribution < -0.4 is 5.73 Å². The van der Waals surface area contributed by atoms with Crippen molar-refractivity contribution in [3.05, 3.63) is 148 Å². The summed E-state index contributed by atoms with van der Waals surface area (Å²) in [5.41, 5.74) is 23.8. The van der Waals surface area contributed by atoms with Gasteiger partial charge >= 0.3 is 115 Å². The zero-order valence-electron chi connectivity index (χ0n) is 51.3. The zero-order valence-corrected chi connectivity index (χ0v) is 65.0. The minimum absolute atomic E-state index is 0. The number of hydrogen-bond donors (Lipinski definition) is 1. The van der Waals surface area contributed by atoms with Crippen LogP contribution in [0.4, 0.5) is 0 Å². The van der Waals surface area contributed by atoms with Crippen LogP contribution in [0.3, 0.4) is 0 Å². The first-order valence-electron chi connectivity index (χ1n) is 26.3. The van der Waals surface area contributed by atoms with Crippen LogP contribution in [0.1, 0.15) is 129 Å². The predicted molar refractivity (Wildman–Crippen MR) is 374 cm³/mol. The van der Waals surface area contributed by atoms with Crippen LogP contribution in [0.15, 0.2) is 91.0 Å². The maximum Gasteiger partial charge on any atom is 3.00 e. The van der Waals surface area contributed by atoms with E-state index >= 15 is 0 Å². The van der Waals surface area contributed by atoms with E-state index in [-0.39, 0.29) is 182 Å². The van der Waals surface area contributed by atoms with Gasteiger partial charge in [0.05, 0.1) is 13.2 Å². The Morgan fingerprint density at radius 3 is 0.940 bits per heavy atom. The van der Waals surface area contributed by atoms with Gasteiger partial charge in [0.1, 0.15) is 0 Å². The van der Waals surface area contributed by atoms with Gasteiger partial charge in [-0.25, -0.2) is 0 Å². The van der Waals surface area contributed by atoms with E-state index in [9.17, 15) is 19.2 Å². The minimum Gasteiger partial charge on any atom is 3.00 e. The van der Waals surface area contributed by atoms with Crippen molar-refractivity contribution in [2.75, 3.05) is 65.5 Å². The van der Waals surface area contributed by atoms with E-state index in [4.69, 9.17) is 22.0 Å². The first-order valence-corrected chi connectivity index (χ1v) is 35.3. The van der Waals surface area contributed by atoms with Gasteiger partial charge in [0, 0.05) is 95.2 Å². The smallest absolute Gasteiger partial charge is 3.00 e. The maximum absolute atomic E-state index is 11.8. The van der Waals surface area contributed by atoms with E-state index in [0.29, 0.717) is 40.5 Å². The molecule has 0 radical (unpaired) electrons. The van der Waals surface area contributed by atoms with E-state index in [1.165, 1.54) is 16.7 Å². The van der Waals surface area contributed by atoms with Crippen molar-refractivity contribution in [2.45, 2.75) is 168 Å². The second-order valence-corrected chi connectivity index (χ2v) is 28.9. The van der Waals surface area contributed by atoms with Crippen LogP contribution in [-0.2, 0) is 123 Å². The molecule has 475 valence electrons. The quantitative estimate of drug-likeness (QED) is 0.0885. The summed E-state index contributed by atoms with van der Waals surface area (Å²) in [4.78, 5) is 66.4. The van der Waals surface area contributed by atoms with Crippen LogP contribution >= 0.6 is 63.9 Å². The van der Waals surface area contributed by atoms with Gasteiger partial charge in [0.15, 0.2) is 5.97 Å². The number of hydrogen-bond acceptors (Lipinski definition) is 10. The Bertz CT molecular complexity index is 1710. The van der Waals surface area contributed by atoms with Gasteiger partial charge in [0.2, 0.25) is 17.7 Å². The fourth-order valence-corrected chi connectivity index (χ4v) is 8.23. The number of nitrogens with zero attached hydrogens (tertiary/aromatic N) is 6. The fraction of sp³-hybridized carbons (Fsp3) is 0.565. The summed E-state index contributed by atoms with van der Waals surface area (Å²) in [6.07, 6.45) is 0.500. The Morgan fingerprint density at radius 2 is 0.771 bits per heavy atom. The number of nitrogens with two attached hydrogens (primary N) is 1. The number of rotatable bonds is 10. The van der Waals surface area contributed by atoms with Crippen molar-refractivity contribution in [3.63, 3.8) is 0 Å². The summed E-state index contributed by atoms with van der Waals surface area (Å²) in [6.45, 7) is 40.1. The molecule has 4 N–H and O–H groups in total. The van der Waals surface area contributed by atoms with E-state index in [1.54, 1.807) is 6.92 Å². The molecule has 6 rings (SSSR count). The van der Waals surface area contributed by atoms with Crippen molar-refractivity contribution in [3.8, 4) is 0 Å². The number of nitrogens with one attached hydrogen (secondary N) is 2. The molecule has 3 saturated heterocycles. The number of carbonyl (C=O) groups excluding carboxylic acids is 5. The second-order valence-electron chi connectivity index (χ2n) is 17.1. The van der Waals surface area contributed by atoms with Crippen LogP contribution in [0.25, 0.3) is 11.5 Å². The molecule has 3 aromatic rings. The first-order chi connectivity index (χ1) is 35.9. The summed E-state index contributed by atoms with van der Waals surface area (Å²) in [6, 6.07) is 33.0. The number of carbonyl (C=O) groups is 5. The van der Waals surface area contributed by atoms with Crippen molar-refractivity contribution >= 4 is 93.9 Å². The fourth-order valence-electron chi connectivity index (χ4n) is 8.23. The summed E-state index contributed by atoms with van der Waals surface area (Å²) < 4.78 is 4.29. The monoisotopic (exact) mass is 1690 g/mol. The molecule has 3 aliphatic rings. The molecule has 0 bridgehead atoms. The molecular formula is C62H114I3N9O6VY2. The van der Waals surface area contributed by atoms with Crippen LogP contribution in [0.2, 0.25) is 0 Å². The summed E-state index contributed by atoms with van der Waals surface area (Å²) in [5, 5.41) is 0. The Hall–Kier alpha value is -0.308. The van der Waals surface area contributed by atoms with E-state index < -0.39 is 5.97 Å². The average molecular weight is 1690 g/mol. The summed E-state index contributed by atoms with van der Waals surface area (Å²) in [7, 11) is 0.628. The normalized spacial score (nSPS) is 17.9. The van der Waals surface area contributed by atoms with Gasteiger partial charge in [-0.05, 0) is 71.4 Å². The molecule has 3 fully saturated rings. The molecule has 0 saturated carbocycles. The molecule has 15 nitrogen and oxygen atoms in total. The molecular weight excluding hydrogens is 1580 g/mol. The Kier molecular flexibility index (Phi) is 89.5. The SMILES string of the molecule is C.C.C.CC.CC.CC.CC1CN(C(=O)CN)C(C)CN1Cc1ccccc1.CC1CN(C(=O)C[NH-])C(C)CN1Cc1ccccc1.CC1CN(C(=O)C[NH-])C(C)CN1Cc1ccccc1.I.[CH2-]C(=O)OCC.[CH2-]C=O.[CH3-].[CH3-].[I][V][I].[Y+3].[Y+3]. The van der Waals surface area contributed by atoms with Crippen molar-refractivity contribution < 1.29 is 104 Å². The molecule has 0 aliphatic carbocycles. The molecule has 83 heavy (non-hydrogen) atoms. The van der Waals surface area contributed by atoms with Crippen molar-refractivity contribution in [1.82, 2.24) is 29.4 Å². The van der Waals surface area contributed by atoms with Crippen molar-refractivity contribution in [1.29, 1.82) is 0 Å². The van der Waals surface area contributed by atoms with Crippen molar-refractivity contribution in [2.24, 2.45) is 5.73 Å². The van der Waals surface area contributed by atoms with Gasteiger partial charge in [0.25, 0.3) is 0 Å². The van der Waals surface area contributed by atoms with Crippen LogP contribution in [0.5, 0.6) is 0 Å². The molecule has 3 aromatic carbocycles.